The average molecular weight is 304 g/mol. The number of aryl methyl sites for hydroxylation is 1. The first-order chi connectivity index (χ1) is 11.2. The van der Waals surface area contributed by atoms with Crippen molar-refractivity contribution in [2.45, 2.75) is 25.8 Å². The van der Waals surface area contributed by atoms with Crippen LogP contribution in [0, 0.1) is 13.8 Å². The lowest BCUT2D eigenvalue weighted by atomic mass is 9.93. The summed E-state index contributed by atoms with van der Waals surface area (Å²) >= 11 is 0. The van der Waals surface area contributed by atoms with Crippen LogP contribution in [0.1, 0.15) is 34.7 Å². The van der Waals surface area contributed by atoms with Crippen molar-refractivity contribution in [3.8, 4) is 0 Å². The molecule has 0 saturated carbocycles. The summed E-state index contributed by atoms with van der Waals surface area (Å²) in [5, 5.41) is 0. The van der Waals surface area contributed by atoms with E-state index in [0.29, 0.717) is 0 Å². The maximum Gasteiger partial charge on any atom is 0.0951 e. The van der Waals surface area contributed by atoms with Gasteiger partial charge < -0.3 is 10.3 Å². The zero-order chi connectivity index (χ0) is 16.2. The fourth-order valence-electron chi connectivity index (χ4n) is 2.86. The molecule has 1 heterocycles. The third-order valence-corrected chi connectivity index (χ3v) is 4.20. The summed E-state index contributed by atoms with van der Waals surface area (Å²) in [7, 11) is 0. The predicted molar refractivity (Wildman–Crippen MR) is 95.2 cm³/mol. The summed E-state index contributed by atoms with van der Waals surface area (Å²) in [5.41, 5.74) is 11.5. The molecule has 117 valence electrons. The monoisotopic (exact) mass is 304 g/mol. The van der Waals surface area contributed by atoms with Gasteiger partial charge in [-0.2, -0.15) is 0 Å². The molecular weight excluding hydrogens is 282 g/mol. The van der Waals surface area contributed by atoms with Crippen LogP contribution in [-0.2, 0) is 6.54 Å². The molecule has 23 heavy (non-hydrogen) atoms. The summed E-state index contributed by atoms with van der Waals surface area (Å²) in [6, 6.07) is 16.7. The number of hydrogen-bond acceptors (Lipinski definition) is 2. The zero-order valence-corrected chi connectivity index (χ0v) is 13.4. The number of imidazole rings is 1. The highest BCUT2D eigenvalue weighted by atomic mass is 15.0. The Kier molecular flexibility index (Phi) is 4.47. The maximum atomic E-state index is 5.80. The van der Waals surface area contributed by atoms with Crippen molar-refractivity contribution in [3.05, 3.63) is 90.4 Å². The highest BCUT2D eigenvalue weighted by Gasteiger charge is 2.16. The van der Waals surface area contributed by atoms with E-state index in [4.69, 9.17) is 5.73 Å². The van der Waals surface area contributed by atoms with Crippen molar-refractivity contribution in [2.75, 3.05) is 5.73 Å². The molecule has 0 aliphatic heterocycles. The molecule has 3 rings (SSSR count). The average Bonchev–Trinajstić information content (AvgIpc) is 3.00. The molecule has 0 amide bonds. The Hall–Kier alpha value is -2.55. The normalized spacial score (nSPS) is 12.3. The Bertz CT molecular complexity index is 754. The Labute approximate surface area is 137 Å². The van der Waals surface area contributed by atoms with Gasteiger partial charge in [0.25, 0.3) is 0 Å². The molecule has 3 aromatic rings. The zero-order valence-electron chi connectivity index (χ0n) is 13.4. The van der Waals surface area contributed by atoms with Crippen molar-refractivity contribution < 1.29 is 0 Å². The van der Waals surface area contributed by atoms with Crippen molar-refractivity contribution in [1.29, 1.82) is 0 Å². The first-order valence-corrected chi connectivity index (χ1v) is 7.87. The minimum absolute atomic E-state index is 0.226. The van der Waals surface area contributed by atoms with Crippen LogP contribution in [0.2, 0.25) is 0 Å². The molecule has 0 saturated heterocycles. The van der Waals surface area contributed by atoms with Crippen molar-refractivity contribution in [3.63, 3.8) is 0 Å². The number of nitrogens with zero attached hydrogens (tertiary/aromatic N) is 2. The summed E-state index contributed by atoms with van der Waals surface area (Å²) in [6.07, 6.45) is 4.62. The Morgan fingerprint density at radius 1 is 1.09 bits per heavy atom. The molecule has 1 atom stereocenters. The van der Waals surface area contributed by atoms with Crippen LogP contribution in [0.4, 0.5) is 5.69 Å². The quantitative estimate of drug-likeness (QED) is 0.719. The minimum Gasteiger partial charge on any atom is -0.399 e. The fourth-order valence-corrected chi connectivity index (χ4v) is 2.86. The number of benzene rings is 2. The summed E-state index contributed by atoms with van der Waals surface area (Å²) < 4.78 is 2.21. The maximum absolute atomic E-state index is 5.80. The van der Waals surface area contributed by atoms with Gasteiger partial charge in [-0.1, -0.05) is 48.9 Å². The number of hydrogen-bond donors (Lipinski definition) is 1. The molecule has 0 fully saturated rings. The molecule has 2 aromatic carbocycles. The third-order valence-electron chi connectivity index (χ3n) is 4.20. The lowest BCUT2D eigenvalue weighted by Gasteiger charge is -2.18. The van der Waals surface area contributed by atoms with Gasteiger partial charge in [-0.25, -0.2) is 4.98 Å². The van der Waals surface area contributed by atoms with E-state index in [0.717, 1.165) is 18.7 Å². The van der Waals surface area contributed by atoms with Gasteiger partial charge >= 0.3 is 0 Å². The number of aromatic nitrogens is 2. The highest BCUT2D eigenvalue weighted by molar-refractivity contribution is 5.42. The van der Waals surface area contributed by atoms with Gasteiger partial charge in [0.2, 0.25) is 0 Å². The van der Waals surface area contributed by atoms with Crippen LogP contribution in [-0.4, -0.2) is 9.55 Å². The standard InChI is InChI=1S/C20H22N3/c1-3-19(17-8-10-18(21)11-9-17)20-12-22-14-23(20)13-16-6-4-15(2)5-7-16/h4-12,14,19H,1,3,13,21H2,2H3. The van der Waals surface area contributed by atoms with Gasteiger partial charge in [-0.05, 0) is 36.6 Å². The molecule has 1 unspecified atom stereocenters. The third kappa shape index (κ3) is 3.45. The predicted octanol–water partition coefficient (Wildman–Crippen LogP) is 4.18. The molecule has 0 bridgehead atoms. The number of nitrogen functional groups attached to an aromatic ring is 1. The van der Waals surface area contributed by atoms with Crippen molar-refractivity contribution in [1.82, 2.24) is 9.55 Å². The molecule has 2 N–H and O–H groups in total. The summed E-state index contributed by atoms with van der Waals surface area (Å²) in [6.45, 7) is 7.05. The lowest BCUT2D eigenvalue weighted by Crippen LogP contribution is -2.09. The minimum atomic E-state index is 0.226. The molecular formula is C20H22N3. The second-order valence-corrected chi connectivity index (χ2v) is 5.94. The van der Waals surface area contributed by atoms with Gasteiger partial charge in [0.1, 0.15) is 0 Å². The van der Waals surface area contributed by atoms with E-state index >= 15 is 0 Å². The van der Waals surface area contributed by atoms with E-state index in [2.05, 4.69) is 59.8 Å². The SMILES string of the molecule is [CH2]CC(c1ccc(N)cc1)c1cncn1Cc1ccc(C)cc1. The first kappa shape index (κ1) is 15.3. The van der Waals surface area contributed by atoms with E-state index in [9.17, 15) is 0 Å². The van der Waals surface area contributed by atoms with Gasteiger partial charge in [0.15, 0.2) is 0 Å². The van der Waals surface area contributed by atoms with E-state index in [-0.39, 0.29) is 5.92 Å². The Morgan fingerprint density at radius 2 is 1.78 bits per heavy atom. The number of nitrogens with two attached hydrogens (primary N) is 1. The van der Waals surface area contributed by atoms with Gasteiger partial charge in [0, 0.05) is 30.0 Å². The van der Waals surface area contributed by atoms with Crippen LogP contribution < -0.4 is 5.73 Å². The highest BCUT2D eigenvalue weighted by Crippen LogP contribution is 2.28. The largest absolute Gasteiger partial charge is 0.399 e. The molecule has 3 heteroatoms. The van der Waals surface area contributed by atoms with Gasteiger partial charge in [0.05, 0.1) is 6.33 Å². The summed E-state index contributed by atoms with van der Waals surface area (Å²) in [4.78, 5) is 4.36. The number of anilines is 1. The van der Waals surface area contributed by atoms with Crippen molar-refractivity contribution in [2.24, 2.45) is 0 Å². The van der Waals surface area contributed by atoms with Crippen LogP contribution >= 0.6 is 0 Å². The number of rotatable bonds is 5. The fraction of sp³-hybridized carbons (Fsp3) is 0.200. The molecule has 1 aromatic heterocycles. The molecule has 3 nitrogen and oxygen atoms in total. The van der Waals surface area contributed by atoms with Gasteiger partial charge in [-0.15, -0.1) is 0 Å². The van der Waals surface area contributed by atoms with E-state index in [1.54, 1.807) is 0 Å². The topological polar surface area (TPSA) is 43.8 Å². The first-order valence-electron chi connectivity index (χ1n) is 7.87. The molecule has 0 aliphatic carbocycles. The molecule has 1 radical (unpaired) electrons. The Balaban J connectivity index is 1.89. The van der Waals surface area contributed by atoms with Crippen LogP contribution in [0.25, 0.3) is 0 Å². The van der Waals surface area contributed by atoms with Gasteiger partial charge in [-0.3, -0.25) is 0 Å². The summed E-state index contributed by atoms with van der Waals surface area (Å²) in [5.74, 6) is 0.226. The van der Waals surface area contributed by atoms with E-state index in [1.807, 2.05) is 24.7 Å². The second-order valence-electron chi connectivity index (χ2n) is 5.94. The smallest absolute Gasteiger partial charge is 0.0951 e. The van der Waals surface area contributed by atoms with Crippen LogP contribution in [0.3, 0.4) is 0 Å². The molecule has 0 spiro atoms. The van der Waals surface area contributed by atoms with Crippen LogP contribution in [0.15, 0.2) is 61.1 Å². The van der Waals surface area contributed by atoms with E-state index in [1.165, 1.54) is 22.4 Å². The van der Waals surface area contributed by atoms with E-state index < -0.39 is 0 Å². The van der Waals surface area contributed by atoms with Crippen LogP contribution in [0.5, 0.6) is 0 Å². The Morgan fingerprint density at radius 3 is 2.43 bits per heavy atom. The molecule has 0 aliphatic rings. The second kappa shape index (κ2) is 6.69. The lowest BCUT2D eigenvalue weighted by molar-refractivity contribution is 0.683. The van der Waals surface area contributed by atoms with Crippen molar-refractivity contribution >= 4 is 5.69 Å².